The van der Waals surface area contributed by atoms with E-state index in [2.05, 4.69) is 0 Å². The fraction of sp³-hybridized carbons (Fsp3) is 1.00. The van der Waals surface area contributed by atoms with Crippen molar-refractivity contribution in [1.82, 2.24) is 0 Å². The van der Waals surface area contributed by atoms with E-state index in [1.165, 1.54) is 14.2 Å². The number of aliphatic hydroxyl groups is 15. The highest BCUT2D eigenvalue weighted by Gasteiger charge is 2.55. The molecule has 5 saturated heterocycles. The van der Waals surface area contributed by atoms with Crippen LogP contribution in [-0.4, -0.2) is 277 Å². The molecule has 26 nitrogen and oxygen atoms in total. The van der Waals surface area contributed by atoms with E-state index in [4.69, 9.17) is 52.1 Å². The number of hydrogen-bond donors (Lipinski definition) is 15. The summed E-state index contributed by atoms with van der Waals surface area (Å²) in [6.45, 7) is -4.01. The molecule has 26 heteroatoms. The molecule has 0 aliphatic carbocycles. The van der Waals surface area contributed by atoms with Gasteiger partial charge >= 0.3 is 0 Å². The zero-order valence-electron chi connectivity index (χ0n) is 31.2. The first-order valence-electron chi connectivity index (χ1n) is 18.4. The van der Waals surface area contributed by atoms with Gasteiger partial charge in [-0.05, 0) is 0 Å². The van der Waals surface area contributed by atoms with Gasteiger partial charge in [-0.2, -0.15) is 0 Å². The second-order valence-electron chi connectivity index (χ2n) is 14.4. The molecular weight excluding hydrogens is 800 g/mol. The van der Waals surface area contributed by atoms with Gasteiger partial charge in [-0.15, -0.1) is 0 Å². The lowest BCUT2D eigenvalue weighted by molar-refractivity contribution is -0.386. The molecule has 0 amide bonds. The maximum Gasteiger partial charge on any atom is 0.187 e. The van der Waals surface area contributed by atoms with Crippen molar-refractivity contribution in [3.8, 4) is 0 Å². The normalized spacial score (nSPS) is 51.8. The minimum absolute atomic E-state index is 0.677. The van der Waals surface area contributed by atoms with Crippen molar-refractivity contribution in [2.75, 3.05) is 47.3 Å². The summed E-state index contributed by atoms with van der Waals surface area (Å²) in [5.74, 6) is 0. The number of ether oxygens (including phenoxy) is 11. The highest BCUT2D eigenvalue weighted by molar-refractivity contribution is 4.98. The number of methoxy groups -OCH3 is 2. The smallest absolute Gasteiger partial charge is 0.187 e. The van der Waals surface area contributed by atoms with E-state index in [9.17, 15) is 76.6 Å². The Morgan fingerprint density at radius 1 is 0.345 bits per heavy atom. The first kappa shape index (κ1) is 48.0. The lowest BCUT2D eigenvalue weighted by atomic mass is 9.95. The lowest BCUT2D eigenvalue weighted by Gasteiger charge is -2.49. The van der Waals surface area contributed by atoms with Crippen LogP contribution in [0.15, 0.2) is 0 Å². The molecule has 0 aromatic heterocycles. The van der Waals surface area contributed by atoms with Crippen LogP contribution < -0.4 is 0 Å². The summed E-state index contributed by atoms with van der Waals surface area (Å²) in [6.07, 6.45) is -43.2. The van der Waals surface area contributed by atoms with Crippen molar-refractivity contribution < 1.29 is 129 Å². The third-order valence-electron chi connectivity index (χ3n) is 10.8. The fourth-order valence-corrected chi connectivity index (χ4v) is 7.48. The Balaban J connectivity index is 1.34. The van der Waals surface area contributed by atoms with Gasteiger partial charge in [0.2, 0.25) is 0 Å². The zero-order chi connectivity index (χ0) is 42.7. The third kappa shape index (κ3) is 9.77. The molecule has 340 valence electrons. The van der Waals surface area contributed by atoms with Crippen LogP contribution in [0.2, 0.25) is 0 Å². The Labute approximate surface area is 329 Å². The molecule has 58 heavy (non-hydrogen) atoms. The van der Waals surface area contributed by atoms with E-state index in [1.54, 1.807) is 0 Å². The van der Waals surface area contributed by atoms with E-state index in [0.29, 0.717) is 0 Å². The topological polar surface area (TPSA) is 405 Å². The van der Waals surface area contributed by atoms with E-state index in [1.807, 2.05) is 0 Å². The van der Waals surface area contributed by atoms with Crippen LogP contribution in [0.3, 0.4) is 0 Å². The van der Waals surface area contributed by atoms with Crippen LogP contribution in [0, 0.1) is 0 Å². The predicted molar refractivity (Wildman–Crippen MR) is 176 cm³/mol. The van der Waals surface area contributed by atoms with Gasteiger partial charge in [-0.3, -0.25) is 0 Å². The average Bonchev–Trinajstić information content (AvgIpc) is 3.22. The second kappa shape index (κ2) is 20.9. The lowest BCUT2D eigenvalue weighted by Crippen LogP contribution is -2.67. The number of aliphatic hydroxyl groups excluding tert-OH is 15. The maximum atomic E-state index is 11.4. The van der Waals surface area contributed by atoms with E-state index in [0.717, 1.165) is 0 Å². The first-order valence-corrected chi connectivity index (χ1v) is 18.4. The molecule has 0 aromatic carbocycles. The highest BCUT2D eigenvalue weighted by Crippen LogP contribution is 2.35. The van der Waals surface area contributed by atoms with E-state index < -0.39 is 187 Å². The van der Waals surface area contributed by atoms with Crippen LogP contribution >= 0.6 is 0 Å². The molecule has 0 radical (unpaired) electrons. The molecule has 5 aliphatic rings. The summed E-state index contributed by atoms with van der Waals surface area (Å²) < 4.78 is 60.7. The van der Waals surface area contributed by atoms with Crippen LogP contribution in [0.4, 0.5) is 0 Å². The van der Waals surface area contributed by atoms with Gasteiger partial charge in [0.05, 0.1) is 33.0 Å². The number of rotatable bonds is 15. The molecule has 5 rings (SSSR count). The van der Waals surface area contributed by atoms with Crippen LogP contribution in [0.25, 0.3) is 0 Å². The Morgan fingerprint density at radius 2 is 0.638 bits per heavy atom. The van der Waals surface area contributed by atoms with Crippen molar-refractivity contribution in [3.05, 3.63) is 0 Å². The summed E-state index contributed by atoms with van der Waals surface area (Å²) in [4.78, 5) is 0. The molecule has 5 heterocycles. The summed E-state index contributed by atoms with van der Waals surface area (Å²) in [6, 6.07) is 0. The van der Waals surface area contributed by atoms with Crippen molar-refractivity contribution in [3.63, 3.8) is 0 Å². The SMILES string of the molecule is CO[C@H]1C(CO)O[C@@H](O[C@H]2C(CO)O[C@@H](OCC3O[C@@H](O[C@H]4C(CO)O[C@@H](O)C(O)[C@H]4O)C(O)[C@@H](O)[C@H]3O[C@@H]3OC(CO)[C@H](OC)[C@H](O)C3O)C(O)[C@H]2O)C(O)[C@H]1O. The molecule has 15 N–H and O–H groups in total. The van der Waals surface area contributed by atoms with Gasteiger partial charge in [0.15, 0.2) is 31.5 Å². The summed E-state index contributed by atoms with van der Waals surface area (Å²) in [7, 11) is 2.38. The van der Waals surface area contributed by atoms with Crippen LogP contribution in [0.5, 0.6) is 0 Å². The minimum atomic E-state index is -2.10. The fourth-order valence-electron chi connectivity index (χ4n) is 7.48. The van der Waals surface area contributed by atoms with Crippen LogP contribution in [-0.2, 0) is 52.1 Å². The van der Waals surface area contributed by atoms with E-state index in [-0.39, 0.29) is 0 Å². The van der Waals surface area contributed by atoms with Gasteiger partial charge in [-0.1, -0.05) is 0 Å². The van der Waals surface area contributed by atoms with Crippen molar-refractivity contribution in [2.24, 2.45) is 0 Å². The standard InChI is InChI=1S/C32H56O26/c1-48-23-8(3-33)53-30(20(44)14(23)38)57-26-11(6-36)52-29(19(43)16(26)40)50-7-12-27(58-31-21(45)15(39)24(49-2)9(4-34)54-31)17(41)22(46)32(55-12)56-25-10(5-35)51-28(47)18(42)13(25)37/h8-47H,3-7H2,1-2H3/t8?,9?,10?,11?,12?,13-,14-,15-,16-,17-,18?,19?,20?,21?,22?,23+,24+,25+,26+,27+,28-,29-,30+,31+,32+/m1/s1. The maximum absolute atomic E-state index is 11.4. The zero-order valence-corrected chi connectivity index (χ0v) is 31.2. The van der Waals surface area contributed by atoms with Crippen molar-refractivity contribution >= 4 is 0 Å². The molecule has 5 fully saturated rings. The first-order chi connectivity index (χ1) is 27.6. The Hall–Kier alpha value is -1.04. The predicted octanol–water partition coefficient (Wildman–Crippen LogP) is -10.6. The Kier molecular flexibility index (Phi) is 17.3. The minimum Gasteiger partial charge on any atom is -0.394 e. The van der Waals surface area contributed by atoms with Crippen molar-refractivity contribution in [2.45, 2.75) is 154 Å². The molecule has 0 aromatic rings. The van der Waals surface area contributed by atoms with E-state index >= 15 is 0 Å². The molecule has 0 spiro atoms. The van der Waals surface area contributed by atoms with Crippen LogP contribution in [0.1, 0.15) is 0 Å². The van der Waals surface area contributed by atoms with Gasteiger partial charge in [0, 0.05) is 14.2 Å². The van der Waals surface area contributed by atoms with Gasteiger partial charge in [0.25, 0.3) is 0 Å². The quantitative estimate of drug-likeness (QED) is 0.0727. The van der Waals surface area contributed by atoms with Gasteiger partial charge < -0.3 is 129 Å². The Morgan fingerprint density at radius 3 is 1.03 bits per heavy atom. The largest absolute Gasteiger partial charge is 0.394 e. The third-order valence-corrected chi connectivity index (χ3v) is 10.8. The molecule has 5 aliphatic heterocycles. The van der Waals surface area contributed by atoms with Gasteiger partial charge in [-0.25, -0.2) is 0 Å². The molecule has 25 atom stereocenters. The average molecular weight is 857 g/mol. The molecule has 10 unspecified atom stereocenters. The molecule has 0 saturated carbocycles. The summed E-state index contributed by atoms with van der Waals surface area (Å²) in [5.41, 5.74) is 0. The number of hydrogen-bond acceptors (Lipinski definition) is 26. The Bertz CT molecular complexity index is 1230. The molecule has 0 bridgehead atoms. The molecular formula is C32H56O26. The summed E-state index contributed by atoms with van der Waals surface area (Å²) >= 11 is 0. The monoisotopic (exact) mass is 856 g/mol. The van der Waals surface area contributed by atoms with Crippen molar-refractivity contribution in [1.29, 1.82) is 0 Å². The van der Waals surface area contributed by atoms with Gasteiger partial charge in [0.1, 0.15) is 122 Å². The second-order valence-corrected chi connectivity index (χ2v) is 14.4. The summed E-state index contributed by atoms with van der Waals surface area (Å²) in [5, 5.41) is 158. The highest BCUT2D eigenvalue weighted by atomic mass is 16.8.